The van der Waals surface area contributed by atoms with Gasteiger partial charge in [0.25, 0.3) is 0 Å². The van der Waals surface area contributed by atoms with Crippen molar-refractivity contribution in [2.75, 3.05) is 0 Å². The van der Waals surface area contributed by atoms with Gasteiger partial charge in [0, 0.05) is 39.0 Å². The van der Waals surface area contributed by atoms with Crippen LogP contribution in [0.5, 0.6) is 0 Å². The second-order valence-electron chi connectivity index (χ2n) is 8.73. The highest BCUT2D eigenvalue weighted by Crippen LogP contribution is 2.40. The Bertz CT molecular complexity index is 1170. The number of nitrogens with zero attached hydrogens (tertiary/aromatic N) is 2. The summed E-state index contributed by atoms with van der Waals surface area (Å²) in [7, 11) is 1.93. The molecule has 1 aliphatic rings. The number of aromatic nitrogens is 2. The lowest BCUT2D eigenvalue weighted by Crippen LogP contribution is -2.33. The Balaban J connectivity index is 1.91. The highest BCUT2D eigenvalue weighted by molar-refractivity contribution is 5.81. The number of aryl methyl sites for hydroxylation is 3. The summed E-state index contributed by atoms with van der Waals surface area (Å²) < 4.78 is 26.0. The normalized spacial score (nSPS) is 15.0. The van der Waals surface area contributed by atoms with Gasteiger partial charge in [0.2, 0.25) is 5.69 Å². The van der Waals surface area contributed by atoms with Crippen LogP contribution in [0.2, 0.25) is 0 Å². The Labute approximate surface area is 167 Å². The third-order valence-electron chi connectivity index (χ3n) is 5.70. The maximum atomic E-state index is 8.01. The van der Waals surface area contributed by atoms with E-state index in [-0.39, 0.29) is 5.41 Å². The van der Waals surface area contributed by atoms with Crippen molar-refractivity contribution in [1.29, 1.82) is 0 Å². The summed E-state index contributed by atoms with van der Waals surface area (Å²) in [6, 6.07) is 10.7. The molecular formula is C25H29N2+. The fourth-order valence-electron chi connectivity index (χ4n) is 4.21. The predicted octanol–water partition coefficient (Wildman–Crippen LogP) is 5.37. The lowest BCUT2D eigenvalue weighted by atomic mass is 9.83. The van der Waals surface area contributed by atoms with Crippen LogP contribution >= 0.6 is 0 Å². The van der Waals surface area contributed by atoms with E-state index in [1.165, 1.54) is 22.3 Å². The summed E-state index contributed by atoms with van der Waals surface area (Å²) in [5.74, 6) is 0. The van der Waals surface area contributed by atoms with E-state index in [2.05, 4.69) is 58.0 Å². The molecule has 0 unspecified atom stereocenters. The summed E-state index contributed by atoms with van der Waals surface area (Å²) >= 11 is 0. The second-order valence-corrected chi connectivity index (χ2v) is 8.73. The van der Waals surface area contributed by atoms with Crippen LogP contribution in [0.3, 0.4) is 0 Å². The van der Waals surface area contributed by atoms with Gasteiger partial charge < -0.3 is 0 Å². The van der Waals surface area contributed by atoms with E-state index in [9.17, 15) is 0 Å². The van der Waals surface area contributed by atoms with Crippen LogP contribution in [-0.4, -0.2) is 4.98 Å². The molecular weight excluding hydrogens is 328 g/mol. The Morgan fingerprint density at radius 1 is 1.04 bits per heavy atom. The maximum Gasteiger partial charge on any atom is 0.212 e. The minimum Gasteiger partial charge on any atom is -0.257 e. The first-order valence-corrected chi connectivity index (χ1v) is 9.52. The molecule has 1 aliphatic carbocycles. The summed E-state index contributed by atoms with van der Waals surface area (Å²) in [5, 5.41) is 0. The molecule has 2 heterocycles. The van der Waals surface area contributed by atoms with Gasteiger partial charge in [0.05, 0.1) is 5.69 Å². The molecule has 27 heavy (non-hydrogen) atoms. The lowest BCUT2D eigenvalue weighted by Gasteiger charge is -2.21. The van der Waals surface area contributed by atoms with Crippen molar-refractivity contribution in [3.63, 3.8) is 0 Å². The van der Waals surface area contributed by atoms with E-state index in [0.717, 1.165) is 34.6 Å². The number of rotatable bonds is 1. The van der Waals surface area contributed by atoms with Crippen LogP contribution in [-0.2, 0) is 18.9 Å². The number of fused-ring (bicyclic) bond motifs is 3. The van der Waals surface area contributed by atoms with Crippen LogP contribution in [0.25, 0.3) is 22.4 Å². The number of hydrogen-bond donors (Lipinski definition) is 0. The molecule has 0 saturated carbocycles. The number of hydrogen-bond acceptors (Lipinski definition) is 1. The average Bonchev–Trinajstić information content (AvgIpc) is 2.99. The summed E-state index contributed by atoms with van der Waals surface area (Å²) in [4.78, 5) is 4.75. The molecule has 1 aromatic carbocycles. The van der Waals surface area contributed by atoms with E-state index < -0.39 is 6.85 Å². The molecule has 0 bridgehead atoms. The van der Waals surface area contributed by atoms with Crippen molar-refractivity contribution >= 4 is 0 Å². The van der Waals surface area contributed by atoms with Gasteiger partial charge in [0.1, 0.15) is 7.05 Å². The molecule has 0 fully saturated rings. The molecule has 0 radical (unpaired) electrons. The third kappa shape index (κ3) is 2.88. The van der Waals surface area contributed by atoms with Gasteiger partial charge in [0.15, 0.2) is 6.20 Å². The van der Waals surface area contributed by atoms with Crippen LogP contribution in [0.4, 0.5) is 0 Å². The Kier molecular flexibility index (Phi) is 3.25. The first-order valence-electron chi connectivity index (χ1n) is 11.0. The van der Waals surface area contributed by atoms with Crippen LogP contribution in [0.1, 0.15) is 58.5 Å². The Morgan fingerprint density at radius 3 is 2.44 bits per heavy atom. The number of pyridine rings is 2. The first kappa shape index (κ1) is 14.6. The zero-order chi connectivity index (χ0) is 22.0. The molecule has 2 nitrogen and oxygen atoms in total. The molecule has 0 saturated heterocycles. The summed E-state index contributed by atoms with van der Waals surface area (Å²) in [6.07, 6.45) is 2.63. The first-order chi connectivity index (χ1) is 13.9. The highest BCUT2D eigenvalue weighted by Gasteiger charge is 2.27. The topological polar surface area (TPSA) is 16.8 Å². The fraction of sp³-hybridized carbons (Fsp3) is 0.360. The van der Waals surface area contributed by atoms with Crippen molar-refractivity contribution in [3.8, 4) is 22.4 Å². The third-order valence-corrected chi connectivity index (χ3v) is 5.70. The largest absolute Gasteiger partial charge is 0.257 e. The van der Waals surface area contributed by atoms with Gasteiger partial charge in [-0.15, -0.1) is 0 Å². The minimum atomic E-state index is -2.14. The summed E-state index contributed by atoms with van der Waals surface area (Å²) in [6.45, 7) is 8.27. The van der Waals surface area contributed by atoms with E-state index in [1.807, 2.05) is 18.5 Å². The molecule has 138 valence electrons. The van der Waals surface area contributed by atoms with Gasteiger partial charge in [-0.25, -0.2) is 4.57 Å². The van der Waals surface area contributed by atoms with Crippen LogP contribution in [0, 0.1) is 20.7 Å². The molecule has 0 N–H and O–H groups in total. The molecule has 0 amide bonds. The molecule has 4 rings (SSSR count). The van der Waals surface area contributed by atoms with Crippen LogP contribution < -0.4 is 4.57 Å². The fourth-order valence-corrected chi connectivity index (χ4v) is 4.21. The van der Waals surface area contributed by atoms with E-state index in [4.69, 9.17) is 9.10 Å². The van der Waals surface area contributed by atoms with Gasteiger partial charge in [-0.3, -0.25) is 4.98 Å². The van der Waals surface area contributed by atoms with E-state index in [0.29, 0.717) is 5.56 Å². The molecule has 0 spiro atoms. The molecule has 0 aliphatic heterocycles. The Hall–Kier alpha value is -2.48. The SMILES string of the molecule is [2H]C([2H])([2H])c1c[n+](C)c(-c2ccc3c(c2C)Cc2nc(C)ccc2-3)cc1C(C)(C)C. The lowest BCUT2D eigenvalue weighted by molar-refractivity contribution is -0.660. The maximum absolute atomic E-state index is 8.01. The van der Waals surface area contributed by atoms with Crippen LogP contribution in [0.15, 0.2) is 36.5 Å². The van der Waals surface area contributed by atoms with Crippen molar-refractivity contribution < 1.29 is 8.68 Å². The summed E-state index contributed by atoms with van der Waals surface area (Å²) in [5.41, 5.74) is 10.4. The standard InChI is InChI=1S/C25H29N2/c1-15-14-27(7)24(13-22(15)25(4,5)6)18-10-11-19-20-9-8-16(2)26-23(20)12-21(19)17(18)3/h8-11,13-14H,12H2,1-7H3/q+1/i1D3. The van der Waals surface area contributed by atoms with Crippen molar-refractivity contribution in [2.24, 2.45) is 7.05 Å². The zero-order valence-corrected chi connectivity index (χ0v) is 17.1. The van der Waals surface area contributed by atoms with Gasteiger partial charge in [-0.1, -0.05) is 32.9 Å². The molecule has 2 heteroatoms. The predicted molar refractivity (Wildman–Crippen MR) is 112 cm³/mol. The van der Waals surface area contributed by atoms with Crippen molar-refractivity contribution in [2.45, 2.75) is 53.3 Å². The number of benzene rings is 1. The zero-order valence-electron chi connectivity index (χ0n) is 20.1. The van der Waals surface area contributed by atoms with Gasteiger partial charge in [-0.2, -0.15) is 0 Å². The quantitative estimate of drug-likeness (QED) is 0.417. The average molecular weight is 361 g/mol. The monoisotopic (exact) mass is 360 g/mol. The molecule has 0 atom stereocenters. The second kappa shape index (κ2) is 6.02. The van der Waals surface area contributed by atoms with Crippen molar-refractivity contribution in [3.05, 3.63) is 70.2 Å². The smallest absolute Gasteiger partial charge is 0.212 e. The van der Waals surface area contributed by atoms with E-state index in [1.54, 1.807) is 6.20 Å². The highest BCUT2D eigenvalue weighted by atomic mass is 14.9. The van der Waals surface area contributed by atoms with Gasteiger partial charge >= 0.3 is 0 Å². The molecule has 3 aromatic rings. The minimum absolute atomic E-state index is 0.269. The van der Waals surface area contributed by atoms with Gasteiger partial charge in [-0.05, 0) is 60.5 Å². The van der Waals surface area contributed by atoms with Crippen molar-refractivity contribution in [1.82, 2.24) is 4.98 Å². The Morgan fingerprint density at radius 2 is 1.74 bits per heavy atom. The van der Waals surface area contributed by atoms with E-state index >= 15 is 0 Å². The molecule has 2 aromatic heterocycles.